The minimum absolute atomic E-state index is 0.441. The summed E-state index contributed by atoms with van der Waals surface area (Å²) in [5.74, 6) is 0. The normalized spacial score (nSPS) is 19.0. The van der Waals surface area contributed by atoms with E-state index in [1.807, 2.05) is 12.1 Å². The van der Waals surface area contributed by atoms with Crippen LogP contribution in [0.25, 0.3) is 0 Å². The maximum absolute atomic E-state index is 9.68. The number of anilines is 2. The highest BCUT2D eigenvalue weighted by Gasteiger charge is 2.28. The van der Waals surface area contributed by atoms with Gasteiger partial charge >= 0.3 is 0 Å². The Hall–Kier alpha value is -1.32. The molecule has 1 aliphatic rings. The molecule has 0 aromatic heterocycles. The van der Waals surface area contributed by atoms with Crippen molar-refractivity contribution in [1.82, 2.24) is 0 Å². The van der Waals surface area contributed by atoms with Gasteiger partial charge in [-0.3, -0.25) is 0 Å². The molecule has 0 aliphatic carbocycles. The van der Waals surface area contributed by atoms with Gasteiger partial charge in [0.05, 0.1) is 11.8 Å². The molecule has 0 amide bonds. The first-order valence-electron chi connectivity index (χ1n) is 6.92. The number of fused-ring (bicyclic) bond motifs is 1. The van der Waals surface area contributed by atoms with Gasteiger partial charge < -0.3 is 10.0 Å². The monoisotopic (exact) mass is 331 g/mol. The summed E-state index contributed by atoms with van der Waals surface area (Å²) in [6.45, 7) is 4.03. The van der Waals surface area contributed by atoms with Gasteiger partial charge in [0.25, 0.3) is 0 Å². The van der Waals surface area contributed by atoms with Crippen LogP contribution in [0.5, 0.6) is 0 Å². The van der Waals surface area contributed by atoms with Crippen molar-refractivity contribution in [3.63, 3.8) is 0 Å². The summed E-state index contributed by atoms with van der Waals surface area (Å²) in [6.07, 6.45) is 0.629. The summed E-state index contributed by atoms with van der Waals surface area (Å²) >= 11 is 3.65. The number of para-hydroxylation sites is 1. The highest BCUT2D eigenvalue weighted by atomic mass is 79.9. The van der Waals surface area contributed by atoms with Crippen LogP contribution in [0.4, 0.5) is 11.4 Å². The molecule has 1 heterocycles. The lowest BCUT2D eigenvalue weighted by molar-refractivity contribution is 0.199. The van der Waals surface area contributed by atoms with E-state index < -0.39 is 6.10 Å². The highest BCUT2D eigenvalue weighted by Crippen LogP contribution is 2.41. The first-order chi connectivity index (χ1) is 9.58. The summed E-state index contributed by atoms with van der Waals surface area (Å²) in [7, 11) is 0. The Morgan fingerprint density at radius 2 is 1.95 bits per heavy atom. The molecular formula is C17H18BrNO. The van der Waals surface area contributed by atoms with Gasteiger partial charge in [0.1, 0.15) is 0 Å². The standard InChI is InChI=1S/C17H18BrNO/c1-11-9-14-5-3-4-6-16(14)19(11)17-8-7-13(12(2)20)10-15(17)18/h3-8,10-12,20H,9H2,1-2H3/t11?,12-/m0/s1. The van der Waals surface area contributed by atoms with Crippen molar-refractivity contribution in [3.05, 3.63) is 58.1 Å². The number of halogens is 1. The van der Waals surface area contributed by atoms with Gasteiger partial charge in [-0.1, -0.05) is 24.3 Å². The van der Waals surface area contributed by atoms with E-state index in [0.29, 0.717) is 6.04 Å². The fourth-order valence-electron chi connectivity index (χ4n) is 2.91. The molecule has 3 rings (SSSR count). The molecule has 1 N–H and O–H groups in total. The van der Waals surface area contributed by atoms with Crippen molar-refractivity contribution in [2.45, 2.75) is 32.4 Å². The highest BCUT2D eigenvalue weighted by molar-refractivity contribution is 9.10. The Morgan fingerprint density at radius 1 is 1.20 bits per heavy atom. The van der Waals surface area contributed by atoms with Crippen LogP contribution in [0.1, 0.15) is 31.1 Å². The van der Waals surface area contributed by atoms with Crippen LogP contribution in [-0.2, 0) is 6.42 Å². The topological polar surface area (TPSA) is 23.5 Å². The lowest BCUT2D eigenvalue weighted by Gasteiger charge is -2.26. The minimum Gasteiger partial charge on any atom is -0.389 e. The van der Waals surface area contributed by atoms with Crippen molar-refractivity contribution < 1.29 is 5.11 Å². The zero-order valence-corrected chi connectivity index (χ0v) is 13.3. The lowest BCUT2D eigenvalue weighted by atomic mass is 10.1. The third-order valence-electron chi connectivity index (χ3n) is 3.92. The summed E-state index contributed by atoms with van der Waals surface area (Å²) in [5, 5.41) is 9.68. The molecule has 0 saturated heterocycles. The minimum atomic E-state index is -0.441. The fourth-order valence-corrected chi connectivity index (χ4v) is 3.50. The Kier molecular flexibility index (Phi) is 3.57. The Labute approximate surface area is 128 Å². The molecule has 1 aliphatic heterocycles. The second kappa shape index (κ2) is 5.23. The molecule has 2 aromatic rings. The summed E-state index contributed by atoms with van der Waals surface area (Å²) < 4.78 is 1.03. The molecule has 1 unspecified atom stereocenters. The van der Waals surface area contributed by atoms with Crippen LogP contribution < -0.4 is 4.90 Å². The molecule has 20 heavy (non-hydrogen) atoms. The van der Waals surface area contributed by atoms with Crippen LogP contribution >= 0.6 is 15.9 Å². The second-order valence-corrected chi connectivity index (χ2v) is 6.29. The first kappa shape index (κ1) is 13.7. The molecule has 2 aromatic carbocycles. The molecule has 0 spiro atoms. The molecular weight excluding hydrogens is 314 g/mol. The van der Waals surface area contributed by atoms with E-state index in [1.165, 1.54) is 11.3 Å². The Morgan fingerprint density at radius 3 is 2.65 bits per heavy atom. The number of hydrogen-bond donors (Lipinski definition) is 1. The van der Waals surface area contributed by atoms with Gasteiger partial charge in [0, 0.05) is 16.2 Å². The van der Waals surface area contributed by atoms with Crippen LogP contribution in [-0.4, -0.2) is 11.1 Å². The number of benzene rings is 2. The van der Waals surface area contributed by atoms with E-state index in [4.69, 9.17) is 0 Å². The van der Waals surface area contributed by atoms with Crippen LogP contribution in [0.15, 0.2) is 46.9 Å². The number of hydrogen-bond acceptors (Lipinski definition) is 2. The average molecular weight is 332 g/mol. The van der Waals surface area contributed by atoms with Gasteiger partial charge in [-0.05, 0) is 65.5 Å². The average Bonchev–Trinajstić information content (AvgIpc) is 2.74. The van der Waals surface area contributed by atoms with E-state index in [9.17, 15) is 5.11 Å². The summed E-state index contributed by atoms with van der Waals surface area (Å²) in [5.41, 5.74) is 4.77. The van der Waals surface area contributed by atoms with E-state index in [2.05, 4.69) is 58.1 Å². The van der Waals surface area contributed by atoms with Gasteiger partial charge in [-0.2, -0.15) is 0 Å². The van der Waals surface area contributed by atoms with E-state index in [0.717, 1.165) is 22.1 Å². The largest absolute Gasteiger partial charge is 0.389 e. The van der Waals surface area contributed by atoms with Crippen molar-refractivity contribution >= 4 is 27.3 Å². The number of aliphatic hydroxyl groups excluding tert-OH is 1. The van der Waals surface area contributed by atoms with Gasteiger partial charge in [-0.25, -0.2) is 0 Å². The molecule has 0 fully saturated rings. The van der Waals surface area contributed by atoms with Gasteiger partial charge in [-0.15, -0.1) is 0 Å². The van der Waals surface area contributed by atoms with Crippen molar-refractivity contribution in [2.24, 2.45) is 0 Å². The van der Waals surface area contributed by atoms with Crippen molar-refractivity contribution in [2.75, 3.05) is 4.90 Å². The zero-order valence-electron chi connectivity index (χ0n) is 11.7. The van der Waals surface area contributed by atoms with E-state index in [1.54, 1.807) is 6.92 Å². The lowest BCUT2D eigenvalue weighted by Crippen LogP contribution is -2.24. The van der Waals surface area contributed by atoms with Crippen LogP contribution in [0.3, 0.4) is 0 Å². The third-order valence-corrected chi connectivity index (χ3v) is 4.56. The SMILES string of the molecule is CC1Cc2ccccc2N1c1ccc([C@H](C)O)cc1Br. The Balaban J connectivity index is 2.05. The van der Waals surface area contributed by atoms with Crippen LogP contribution in [0.2, 0.25) is 0 Å². The molecule has 0 radical (unpaired) electrons. The van der Waals surface area contributed by atoms with E-state index >= 15 is 0 Å². The van der Waals surface area contributed by atoms with E-state index in [-0.39, 0.29) is 0 Å². The number of rotatable bonds is 2. The van der Waals surface area contributed by atoms with Crippen molar-refractivity contribution in [1.29, 1.82) is 0 Å². The maximum Gasteiger partial charge on any atom is 0.0762 e. The summed E-state index contributed by atoms with van der Waals surface area (Å²) in [4.78, 5) is 2.37. The predicted molar refractivity (Wildman–Crippen MR) is 86.5 cm³/mol. The third kappa shape index (κ3) is 2.25. The number of aliphatic hydroxyl groups is 1. The molecule has 0 bridgehead atoms. The van der Waals surface area contributed by atoms with Gasteiger partial charge in [0.15, 0.2) is 0 Å². The molecule has 0 saturated carbocycles. The molecule has 3 heteroatoms. The number of nitrogens with zero attached hydrogens (tertiary/aromatic N) is 1. The first-order valence-corrected chi connectivity index (χ1v) is 7.72. The van der Waals surface area contributed by atoms with Gasteiger partial charge in [0.2, 0.25) is 0 Å². The zero-order chi connectivity index (χ0) is 14.3. The fraction of sp³-hybridized carbons (Fsp3) is 0.294. The summed E-state index contributed by atoms with van der Waals surface area (Å²) in [6, 6.07) is 15.1. The predicted octanol–water partition coefficient (Wildman–Crippen LogP) is 4.59. The molecule has 2 nitrogen and oxygen atoms in total. The smallest absolute Gasteiger partial charge is 0.0762 e. The molecule has 2 atom stereocenters. The van der Waals surface area contributed by atoms with Crippen LogP contribution in [0, 0.1) is 0 Å². The second-order valence-electron chi connectivity index (χ2n) is 5.44. The quantitative estimate of drug-likeness (QED) is 0.870. The Bertz CT molecular complexity index is 639. The maximum atomic E-state index is 9.68. The molecule has 104 valence electrons. The van der Waals surface area contributed by atoms with Crippen molar-refractivity contribution in [3.8, 4) is 0 Å².